The van der Waals surface area contributed by atoms with Crippen molar-refractivity contribution in [2.24, 2.45) is 0 Å². The number of para-hydroxylation sites is 2. The van der Waals surface area contributed by atoms with Gasteiger partial charge in [0.1, 0.15) is 5.75 Å². The van der Waals surface area contributed by atoms with Gasteiger partial charge >= 0.3 is 0 Å². The van der Waals surface area contributed by atoms with E-state index in [4.69, 9.17) is 4.74 Å². The highest BCUT2D eigenvalue weighted by atomic mass is 32.2. The zero-order chi connectivity index (χ0) is 20.6. The maximum atomic E-state index is 13.2. The Labute approximate surface area is 171 Å². The summed E-state index contributed by atoms with van der Waals surface area (Å²) in [6, 6.07) is 12.7. The molecule has 1 atom stereocenters. The molecule has 1 N–H and O–H groups in total. The highest BCUT2D eigenvalue weighted by Gasteiger charge is 2.32. The minimum atomic E-state index is -3.61. The molecule has 1 fully saturated rings. The fourth-order valence-electron chi connectivity index (χ4n) is 3.87. The zero-order valence-electron chi connectivity index (χ0n) is 16.6. The van der Waals surface area contributed by atoms with Gasteiger partial charge in [-0.3, -0.25) is 4.79 Å². The van der Waals surface area contributed by atoms with Crippen molar-refractivity contribution >= 4 is 27.3 Å². The van der Waals surface area contributed by atoms with Crippen molar-refractivity contribution < 1.29 is 17.9 Å². The molecule has 0 aliphatic carbocycles. The zero-order valence-corrected chi connectivity index (χ0v) is 17.4. The number of nitrogens with one attached hydrogen (secondary N) is 1. The highest BCUT2D eigenvalue weighted by molar-refractivity contribution is 7.89. The lowest BCUT2D eigenvalue weighted by Gasteiger charge is -2.36. The molecule has 2 aliphatic rings. The Balaban J connectivity index is 1.51. The predicted molar refractivity (Wildman–Crippen MR) is 112 cm³/mol. The monoisotopic (exact) mass is 415 g/mol. The average molecular weight is 416 g/mol. The second-order valence-corrected chi connectivity index (χ2v) is 9.19. The molecular weight excluding hydrogens is 390 g/mol. The largest absolute Gasteiger partial charge is 0.492 e. The van der Waals surface area contributed by atoms with Crippen LogP contribution in [0.2, 0.25) is 0 Å². The Morgan fingerprint density at radius 1 is 1.10 bits per heavy atom. The molecule has 1 saturated heterocycles. The van der Waals surface area contributed by atoms with Crippen molar-refractivity contribution in [3.63, 3.8) is 0 Å². The Kier molecular flexibility index (Phi) is 5.23. The van der Waals surface area contributed by atoms with Crippen LogP contribution in [0.4, 0.5) is 11.4 Å². The number of sulfonamides is 1. The molecule has 29 heavy (non-hydrogen) atoms. The van der Waals surface area contributed by atoms with E-state index in [1.807, 2.05) is 31.2 Å². The number of nitrogens with zero attached hydrogens (tertiary/aromatic N) is 2. The van der Waals surface area contributed by atoms with Gasteiger partial charge in [-0.15, -0.1) is 0 Å². The van der Waals surface area contributed by atoms with Crippen LogP contribution in [0.1, 0.15) is 25.3 Å². The molecule has 1 amide bonds. The molecule has 154 valence electrons. The number of benzene rings is 2. The molecule has 0 radical (unpaired) electrons. The van der Waals surface area contributed by atoms with Gasteiger partial charge in [0.15, 0.2) is 0 Å². The second-order valence-electron chi connectivity index (χ2n) is 7.25. The van der Waals surface area contributed by atoms with Crippen molar-refractivity contribution in [3.05, 3.63) is 48.0 Å². The first kappa shape index (κ1) is 19.7. The summed E-state index contributed by atoms with van der Waals surface area (Å²) in [5, 5.41) is 2.78. The maximum absolute atomic E-state index is 13.2. The van der Waals surface area contributed by atoms with Crippen molar-refractivity contribution in [2.45, 2.75) is 24.7 Å². The summed E-state index contributed by atoms with van der Waals surface area (Å²) in [5.74, 6) is 0.374. The fourth-order valence-corrected chi connectivity index (χ4v) is 5.33. The Morgan fingerprint density at radius 2 is 1.83 bits per heavy atom. The van der Waals surface area contributed by atoms with E-state index in [2.05, 4.69) is 10.2 Å². The maximum Gasteiger partial charge on any atom is 0.243 e. The van der Waals surface area contributed by atoms with Gasteiger partial charge in [-0.25, -0.2) is 8.42 Å². The number of hydrogen-bond acceptors (Lipinski definition) is 5. The molecule has 4 rings (SSSR count). The number of fused-ring (bicyclic) bond motifs is 1. The van der Waals surface area contributed by atoms with Crippen LogP contribution in [0.25, 0.3) is 0 Å². The Hall–Kier alpha value is -2.58. The van der Waals surface area contributed by atoms with Crippen molar-refractivity contribution in [2.75, 3.05) is 43.0 Å². The van der Waals surface area contributed by atoms with Crippen molar-refractivity contribution in [1.82, 2.24) is 4.31 Å². The second kappa shape index (κ2) is 7.68. The molecule has 0 aromatic heterocycles. The quantitative estimate of drug-likeness (QED) is 0.812. The van der Waals surface area contributed by atoms with Crippen molar-refractivity contribution in [1.29, 1.82) is 0 Å². The van der Waals surface area contributed by atoms with E-state index in [1.54, 1.807) is 25.1 Å². The van der Waals surface area contributed by atoms with Gasteiger partial charge in [0.2, 0.25) is 15.9 Å². The van der Waals surface area contributed by atoms with E-state index < -0.39 is 10.0 Å². The molecule has 8 heteroatoms. The van der Waals surface area contributed by atoms with E-state index in [9.17, 15) is 13.2 Å². The van der Waals surface area contributed by atoms with Crippen LogP contribution in [0.15, 0.2) is 47.4 Å². The van der Waals surface area contributed by atoms with Gasteiger partial charge in [-0.1, -0.05) is 12.1 Å². The number of rotatable bonds is 5. The number of anilines is 2. The molecule has 0 unspecified atom stereocenters. The van der Waals surface area contributed by atoms with E-state index in [0.29, 0.717) is 38.5 Å². The van der Waals surface area contributed by atoms with Crippen LogP contribution in [0.3, 0.4) is 0 Å². The Morgan fingerprint density at radius 3 is 2.55 bits per heavy atom. The summed E-state index contributed by atoms with van der Waals surface area (Å²) in [5.41, 5.74) is 2.42. The number of amides is 1. The normalized spacial score (nSPS) is 19.7. The average Bonchev–Trinajstić information content (AvgIpc) is 3.02. The molecule has 2 heterocycles. The third-order valence-electron chi connectivity index (χ3n) is 5.52. The van der Waals surface area contributed by atoms with Crippen LogP contribution in [0.5, 0.6) is 5.75 Å². The molecule has 0 spiro atoms. The third kappa shape index (κ3) is 3.58. The number of piperazine rings is 1. The van der Waals surface area contributed by atoms with Crippen LogP contribution in [-0.4, -0.2) is 51.4 Å². The fraction of sp³-hybridized carbons (Fsp3) is 0.381. The summed E-state index contributed by atoms with van der Waals surface area (Å²) < 4.78 is 33.6. The first-order valence-corrected chi connectivity index (χ1v) is 11.3. The molecular formula is C21H25N3O4S. The SMILES string of the molecule is CCOc1ccccc1N1CCN(S(=O)(=O)c2ccc3c(c2)[C@@H](C)C(=O)N3)CC1. The van der Waals surface area contributed by atoms with Gasteiger partial charge in [0.25, 0.3) is 0 Å². The number of carbonyl (C=O) groups is 1. The number of carbonyl (C=O) groups excluding carboxylic acids is 1. The van der Waals surface area contributed by atoms with E-state index in [1.165, 1.54) is 4.31 Å². The lowest BCUT2D eigenvalue weighted by atomic mass is 10.0. The van der Waals surface area contributed by atoms with E-state index >= 15 is 0 Å². The van der Waals surface area contributed by atoms with Gasteiger partial charge < -0.3 is 15.0 Å². The molecule has 2 aliphatic heterocycles. The minimum Gasteiger partial charge on any atom is -0.492 e. The molecule has 2 aromatic rings. The molecule has 2 aromatic carbocycles. The minimum absolute atomic E-state index is 0.101. The van der Waals surface area contributed by atoms with Gasteiger partial charge in [0.05, 0.1) is 23.1 Å². The summed E-state index contributed by atoms with van der Waals surface area (Å²) in [6.45, 7) is 6.28. The summed E-state index contributed by atoms with van der Waals surface area (Å²) in [4.78, 5) is 14.2. The van der Waals surface area contributed by atoms with Gasteiger partial charge in [-0.2, -0.15) is 4.31 Å². The topological polar surface area (TPSA) is 79.0 Å². The van der Waals surface area contributed by atoms with Crippen LogP contribution < -0.4 is 15.0 Å². The molecule has 0 bridgehead atoms. The third-order valence-corrected chi connectivity index (χ3v) is 7.42. The summed E-state index contributed by atoms with van der Waals surface area (Å²) in [6.07, 6.45) is 0. The van der Waals surface area contributed by atoms with Gasteiger partial charge in [0, 0.05) is 31.9 Å². The first-order chi connectivity index (χ1) is 13.9. The highest BCUT2D eigenvalue weighted by Crippen LogP contribution is 2.35. The van der Waals surface area contributed by atoms with Crippen LogP contribution in [-0.2, 0) is 14.8 Å². The summed E-state index contributed by atoms with van der Waals surface area (Å²) in [7, 11) is -3.61. The number of ether oxygens (including phenoxy) is 1. The first-order valence-electron chi connectivity index (χ1n) is 9.83. The smallest absolute Gasteiger partial charge is 0.243 e. The standard InChI is InChI=1S/C21H25N3O4S/c1-3-28-20-7-5-4-6-19(20)23-10-12-24(13-11-23)29(26,27)16-8-9-18-17(14-16)15(2)21(25)22-18/h4-9,14-15H,3,10-13H2,1-2H3,(H,22,25)/t15-/m1/s1. The lowest BCUT2D eigenvalue weighted by Crippen LogP contribution is -2.48. The van der Waals surface area contributed by atoms with Crippen LogP contribution in [0, 0.1) is 0 Å². The number of hydrogen-bond donors (Lipinski definition) is 1. The van der Waals surface area contributed by atoms with E-state index in [0.717, 1.165) is 17.0 Å². The lowest BCUT2D eigenvalue weighted by molar-refractivity contribution is -0.116. The molecule has 0 saturated carbocycles. The summed E-state index contributed by atoms with van der Waals surface area (Å²) >= 11 is 0. The predicted octanol–water partition coefficient (Wildman–Crippen LogP) is 2.65. The van der Waals surface area contributed by atoms with Gasteiger partial charge in [-0.05, 0) is 49.7 Å². The molecule has 7 nitrogen and oxygen atoms in total. The Bertz CT molecular complexity index is 1030. The van der Waals surface area contributed by atoms with E-state index in [-0.39, 0.29) is 16.7 Å². The van der Waals surface area contributed by atoms with Crippen molar-refractivity contribution in [3.8, 4) is 5.75 Å². The van der Waals surface area contributed by atoms with Crippen LogP contribution >= 0.6 is 0 Å².